The Hall–Kier alpha value is -2.04. The minimum absolute atomic E-state index is 0.00142. The first kappa shape index (κ1) is 13.9. The van der Waals surface area contributed by atoms with Gasteiger partial charge in [0.1, 0.15) is 5.75 Å². The lowest BCUT2D eigenvalue weighted by Gasteiger charge is -2.28. The monoisotopic (exact) mass is 289 g/mol. The SMILES string of the molecule is C[C@@H]1CN(C(=O)C2CCOc3ccccc32)C[C@H]1C(=O)O. The van der Waals surface area contributed by atoms with E-state index in [1.54, 1.807) is 4.90 Å². The summed E-state index contributed by atoms with van der Waals surface area (Å²) < 4.78 is 5.58. The third-order valence-electron chi connectivity index (χ3n) is 4.50. The summed E-state index contributed by atoms with van der Waals surface area (Å²) in [6.07, 6.45) is 0.651. The number of fused-ring (bicyclic) bond motifs is 1. The number of para-hydroxylation sites is 1. The number of likely N-dealkylation sites (tertiary alicyclic amines) is 1. The first-order chi connectivity index (χ1) is 10.1. The number of aliphatic carboxylic acids is 1. The molecule has 2 aliphatic heterocycles. The van der Waals surface area contributed by atoms with Crippen LogP contribution in [0.4, 0.5) is 0 Å². The molecule has 5 nitrogen and oxygen atoms in total. The molecule has 0 saturated carbocycles. The van der Waals surface area contributed by atoms with Gasteiger partial charge in [-0.05, 0) is 18.4 Å². The molecule has 0 aromatic heterocycles. The van der Waals surface area contributed by atoms with Crippen LogP contribution in [0.1, 0.15) is 24.8 Å². The normalized spacial score (nSPS) is 27.9. The number of carboxylic acid groups (broad SMARTS) is 1. The molecule has 0 radical (unpaired) electrons. The molecule has 3 rings (SSSR count). The van der Waals surface area contributed by atoms with Gasteiger partial charge in [0, 0.05) is 18.7 Å². The van der Waals surface area contributed by atoms with Crippen LogP contribution in [-0.2, 0) is 9.59 Å². The van der Waals surface area contributed by atoms with E-state index in [9.17, 15) is 14.7 Å². The van der Waals surface area contributed by atoms with Crippen molar-refractivity contribution in [3.63, 3.8) is 0 Å². The predicted octanol–water partition coefficient (Wildman–Crippen LogP) is 1.73. The second-order valence-electron chi connectivity index (χ2n) is 5.89. The summed E-state index contributed by atoms with van der Waals surface area (Å²) in [4.78, 5) is 25.7. The number of rotatable bonds is 2. The molecular weight excluding hydrogens is 270 g/mol. The molecule has 0 spiro atoms. The number of carbonyl (C=O) groups is 2. The summed E-state index contributed by atoms with van der Waals surface area (Å²) in [6.45, 7) is 3.26. The number of amides is 1. The van der Waals surface area contributed by atoms with Crippen LogP contribution >= 0.6 is 0 Å². The minimum atomic E-state index is -0.815. The summed E-state index contributed by atoms with van der Waals surface area (Å²) >= 11 is 0. The van der Waals surface area contributed by atoms with Gasteiger partial charge in [-0.15, -0.1) is 0 Å². The Kier molecular flexibility index (Phi) is 3.57. The summed E-state index contributed by atoms with van der Waals surface area (Å²) in [5.74, 6) is -0.684. The fourth-order valence-electron chi connectivity index (χ4n) is 3.29. The number of nitrogens with zero attached hydrogens (tertiary/aromatic N) is 1. The summed E-state index contributed by atoms with van der Waals surface area (Å²) in [6, 6.07) is 7.59. The molecule has 1 unspecified atom stereocenters. The van der Waals surface area contributed by atoms with E-state index in [2.05, 4.69) is 0 Å². The van der Waals surface area contributed by atoms with Crippen molar-refractivity contribution in [2.24, 2.45) is 11.8 Å². The molecular formula is C16H19NO4. The fraction of sp³-hybridized carbons (Fsp3) is 0.500. The van der Waals surface area contributed by atoms with Crippen LogP contribution in [0, 0.1) is 11.8 Å². The van der Waals surface area contributed by atoms with Gasteiger partial charge in [0.05, 0.1) is 18.4 Å². The first-order valence-corrected chi connectivity index (χ1v) is 7.31. The van der Waals surface area contributed by atoms with Crippen LogP contribution in [0.3, 0.4) is 0 Å². The third-order valence-corrected chi connectivity index (χ3v) is 4.50. The van der Waals surface area contributed by atoms with E-state index in [-0.39, 0.29) is 17.7 Å². The molecule has 1 saturated heterocycles. The molecule has 3 atom stereocenters. The molecule has 1 aromatic rings. The van der Waals surface area contributed by atoms with E-state index >= 15 is 0 Å². The van der Waals surface area contributed by atoms with Crippen LogP contribution in [0.2, 0.25) is 0 Å². The maximum absolute atomic E-state index is 12.8. The molecule has 1 amide bonds. The van der Waals surface area contributed by atoms with E-state index in [4.69, 9.17) is 4.74 Å². The predicted molar refractivity (Wildman–Crippen MR) is 76.2 cm³/mol. The molecule has 1 aromatic carbocycles. The Balaban J connectivity index is 1.80. The Morgan fingerprint density at radius 3 is 2.76 bits per heavy atom. The van der Waals surface area contributed by atoms with Crippen molar-refractivity contribution >= 4 is 11.9 Å². The van der Waals surface area contributed by atoms with Crippen molar-refractivity contribution in [2.75, 3.05) is 19.7 Å². The minimum Gasteiger partial charge on any atom is -0.493 e. The summed E-state index contributed by atoms with van der Waals surface area (Å²) in [5.41, 5.74) is 0.917. The standard InChI is InChI=1S/C16H19NO4/c1-10-8-17(9-13(10)16(19)20)15(18)12-6-7-21-14-5-3-2-4-11(12)14/h2-5,10,12-13H,6-9H2,1H3,(H,19,20)/t10-,12?,13-/m1/s1. The molecule has 2 heterocycles. The van der Waals surface area contributed by atoms with Crippen molar-refractivity contribution in [3.05, 3.63) is 29.8 Å². The van der Waals surface area contributed by atoms with Crippen molar-refractivity contribution in [1.82, 2.24) is 4.90 Å². The molecule has 0 aliphatic carbocycles. The molecule has 1 fully saturated rings. The molecule has 1 N–H and O–H groups in total. The van der Waals surface area contributed by atoms with Crippen LogP contribution < -0.4 is 4.74 Å². The van der Waals surface area contributed by atoms with Gasteiger partial charge in [0.15, 0.2) is 0 Å². The Labute approximate surface area is 123 Å². The molecule has 5 heteroatoms. The van der Waals surface area contributed by atoms with Crippen LogP contribution in [0.25, 0.3) is 0 Å². The van der Waals surface area contributed by atoms with E-state index in [0.29, 0.717) is 26.1 Å². The average Bonchev–Trinajstić information content (AvgIpc) is 2.88. The van der Waals surface area contributed by atoms with Crippen molar-refractivity contribution in [3.8, 4) is 5.75 Å². The highest BCUT2D eigenvalue weighted by atomic mass is 16.5. The molecule has 21 heavy (non-hydrogen) atoms. The molecule has 0 bridgehead atoms. The molecule has 112 valence electrons. The number of hydrogen-bond acceptors (Lipinski definition) is 3. The smallest absolute Gasteiger partial charge is 0.308 e. The van der Waals surface area contributed by atoms with Gasteiger partial charge < -0.3 is 14.7 Å². The lowest BCUT2D eigenvalue weighted by atomic mass is 9.92. The topological polar surface area (TPSA) is 66.8 Å². The van der Waals surface area contributed by atoms with E-state index in [1.807, 2.05) is 31.2 Å². The second kappa shape index (κ2) is 5.39. The Morgan fingerprint density at radius 2 is 2.05 bits per heavy atom. The lowest BCUT2D eigenvalue weighted by Crippen LogP contribution is -2.36. The van der Waals surface area contributed by atoms with Crippen molar-refractivity contribution in [2.45, 2.75) is 19.3 Å². The van der Waals surface area contributed by atoms with Crippen LogP contribution in [0.15, 0.2) is 24.3 Å². The largest absolute Gasteiger partial charge is 0.493 e. The second-order valence-corrected chi connectivity index (χ2v) is 5.89. The van der Waals surface area contributed by atoms with Crippen LogP contribution in [0.5, 0.6) is 5.75 Å². The lowest BCUT2D eigenvalue weighted by molar-refractivity contribution is -0.142. The number of benzene rings is 1. The number of carbonyl (C=O) groups excluding carboxylic acids is 1. The number of hydrogen-bond donors (Lipinski definition) is 1. The molecule has 2 aliphatic rings. The van der Waals surface area contributed by atoms with Crippen molar-refractivity contribution in [1.29, 1.82) is 0 Å². The number of carboxylic acids is 1. The quantitative estimate of drug-likeness (QED) is 0.900. The number of ether oxygens (including phenoxy) is 1. The average molecular weight is 289 g/mol. The van der Waals surface area contributed by atoms with Crippen LogP contribution in [-0.4, -0.2) is 41.6 Å². The highest BCUT2D eigenvalue weighted by Gasteiger charge is 2.40. The van der Waals surface area contributed by atoms with Gasteiger partial charge in [-0.1, -0.05) is 25.1 Å². The zero-order chi connectivity index (χ0) is 15.0. The fourth-order valence-corrected chi connectivity index (χ4v) is 3.29. The van der Waals surface area contributed by atoms with E-state index in [1.165, 1.54) is 0 Å². The first-order valence-electron chi connectivity index (χ1n) is 7.31. The van der Waals surface area contributed by atoms with Gasteiger partial charge in [-0.3, -0.25) is 9.59 Å². The summed E-state index contributed by atoms with van der Waals surface area (Å²) in [5, 5.41) is 9.19. The maximum atomic E-state index is 12.8. The van der Waals surface area contributed by atoms with E-state index in [0.717, 1.165) is 11.3 Å². The highest BCUT2D eigenvalue weighted by Crippen LogP contribution is 2.36. The Morgan fingerprint density at radius 1 is 1.29 bits per heavy atom. The van der Waals surface area contributed by atoms with Gasteiger partial charge in [0.2, 0.25) is 5.91 Å². The Bertz CT molecular complexity index is 571. The van der Waals surface area contributed by atoms with Gasteiger partial charge in [-0.2, -0.15) is 0 Å². The van der Waals surface area contributed by atoms with Gasteiger partial charge in [-0.25, -0.2) is 0 Å². The van der Waals surface area contributed by atoms with Gasteiger partial charge >= 0.3 is 5.97 Å². The summed E-state index contributed by atoms with van der Waals surface area (Å²) in [7, 11) is 0. The maximum Gasteiger partial charge on any atom is 0.308 e. The zero-order valence-corrected chi connectivity index (χ0v) is 12.0. The van der Waals surface area contributed by atoms with Gasteiger partial charge in [0.25, 0.3) is 0 Å². The zero-order valence-electron chi connectivity index (χ0n) is 12.0. The van der Waals surface area contributed by atoms with E-state index < -0.39 is 11.9 Å². The van der Waals surface area contributed by atoms with Crippen molar-refractivity contribution < 1.29 is 19.4 Å². The third kappa shape index (κ3) is 2.48. The highest BCUT2D eigenvalue weighted by molar-refractivity contribution is 5.86.